The second kappa shape index (κ2) is 7.03. The molecule has 0 radical (unpaired) electrons. The Hall–Kier alpha value is -2.09. The maximum absolute atomic E-state index is 12.4. The molecule has 1 aliphatic heterocycles. The molecular formula is C17H19BrN2O5. The fraction of sp³-hybridized carbons (Fsp3) is 0.471. The Kier molecular flexibility index (Phi) is 4.99. The highest BCUT2D eigenvalue weighted by Gasteiger charge is 2.56. The maximum Gasteiger partial charge on any atom is 0.326 e. The van der Waals surface area contributed by atoms with Gasteiger partial charge in [-0.25, -0.2) is 4.79 Å². The monoisotopic (exact) mass is 410 g/mol. The fourth-order valence-electron chi connectivity index (χ4n) is 2.82. The molecule has 3 amide bonds. The van der Waals surface area contributed by atoms with E-state index in [4.69, 9.17) is 9.47 Å². The van der Waals surface area contributed by atoms with Crippen LogP contribution in [-0.4, -0.2) is 48.1 Å². The van der Waals surface area contributed by atoms with Crippen molar-refractivity contribution in [3.05, 3.63) is 28.7 Å². The van der Waals surface area contributed by atoms with Crippen molar-refractivity contribution in [1.29, 1.82) is 0 Å². The van der Waals surface area contributed by atoms with Gasteiger partial charge in [-0.05, 0) is 49.9 Å². The molecule has 3 rings (SSSR count). The van der Waals surface area contributed by atoms with Crippen molar-refractivity contribution in [2.75, 3.05) is 19.8 Å². The second-order valence-electron chi connectivity index (χ2n) is 6.32. The molecule has 0 aromatic heterocycles. The molecular weight excluding hydrogens is 392 g/mol. The van der Waals surface area contributed by atoms with Crippen LogP contribution in [-0.2, 0) is 14.3 Å². The molecule has 1 N–H and O–H groups in total. The van der Waals surface area contributed by atoms with Gasteiger partial charge in [0.2, 0.25) is 0 Å². The normalized spacial score (nSPS) is 22.7. The number of imide groups is 1. The number of esters is 1. The van der Waals surface area contributed by atoms with Gasteiger partial charge in [-0.2, -0.15) is 0 Å². The summed E-state index contributed by atoms with van der Waals surface area (Å²) in [5.41, 5.74) is -0.887. The Bertz CT molecular complexity index is 689. The molecule has 8 heteroatoms. The van der Waals surface area contributed by atoms with Crippen molar-refractivity contribution < 1.29 is 23.9 Å². The van der Waals surface area contributed by atoms with Crippen molar-refractivity contribution in [1.82, 2.24) is 10.2 Å². The first-order valence-electron chi connectivity index (χ1n) is 8.08. The van der Waals surface area contributed by atoms with Crippen molar-refractivity contribution in [2.24, 2.45) is 5.92 Å². The summed E-state index contributed by atoms with van der Waals surface area (Å²) in [6.07, 6.45) is 1.82. The van der Waals surface area contributed by atoms with Gasteiger partial charge < -0.3 is 14.8 Å². The number of nitrogens with zero attached hydrogens (tertiary/aromatic N) is 1. The summed E-state index contributed by atoms with van der Waals surface area (Å²) in [6.45, 7) is 1.55. The lowest BCUT2D eigenvalue weighted by molar-refractivity contribution is -0.148. The van der Waals surface area contributed by atoms with Gasteiger partial charge in [-0.1, -0.05) is 15.9 Å². The van der Waals surface area contributed by atoms with Gasteiger partial charge in [0.1, 0.15) is 31.0 Å². The molecule has 1 aromatic carbocycles. The third kappa shape index (κ3) is 3.95. The van der Waals surface area contributed by atoms with Gasteiger partial charge in [0, 0.05) is 4.47 Å². The number of nitrogens with one attached hydrogen (secondary N) is 1. The number of benzene rings is 1. The van der Waals surface area contributed by atoms with E-state index < -0.39 is 17.5 Å². The van der Waals surface area contributed by atoms with Crippen molar-refractivity contribution in [3.63, 3.8) is 0 Å². The number of rotatable bonds is 7. The third-order valence-corrected chi connectivity index (χ3v) is 4.94. The van der Waals surface area contributed by atoms with Crippen LogP contribution in [0.2, 0.25) is 0 Å². The van der Waals surface area contributed by atoms with E-state index in [-0.39, 0.29) is 31.6 Å². The van der Waals surface area contributed by atoms with Crippen molar-refractivity contribution >= 4 is 33.8 Å². The van der Waals surface area contributed by atoms with E-state index in [0.29, 0.717) is 5.75 Å². The molecule has 1 heterocycles. The molecule has 1 aliphatic carbocycles. The Morgan fingerprint density at radius 3 is 2.60 bits per heavy atom. The molecule has 2 fully saturated rings. The lowest BCUT2D eigenvalue weighted by Crippen LogP contribution is -2.46. The van der Waals surface area contributed by atoms with E-state index in [0.717, 1.165) is 22.2 Å². The maximum atomic E-state index is 12.4. The number of carbonyl (C=O) groups excluding carboxylic acids is 3. The fourth-order valence-corrected chi connectivity index (χ4v) is 3.08. The van der Waals surface area contributed by atoms with Crippen LogP contribution in [0.5, 0.6) is 5.75 Å². The standard InChI is InChI=1S/C17H19BrN2O5/c1-17(11-2-3-11)15(22)20(16(23)19-17)10-14(21)25-9-8-24-13-6-4-12(18)5-7-13/h4-7,11H,2-3,8-10H2,1H3,(H,19,23)/t17-/m0/s1. The lowest BCUT2D eigenvalue weighted by Gasteiger charge is -2.20. The van der Waals surface area contributed by atoms with Crippen LogP contribution in [0, 0.1) is 5.92 Å². The first kappa shape index (κ1) is 17.7. The minimum Gasteiger partial charge on any atom is -0.490 e. The minimum atomic E-state index is -0.887. The smallest absolute Gasteiger partial charge is 0.326 e. The molecule has 1 saturated carbocycles. The predicted octanol–water partition coefficient (Wildman–Crippen LogP) is 2.09. The first-order valence-corrected chi connectivity index (χ1v) is 8.87. The quantitative estimate of drug-likeness (QED) is 0.422. The number of ether oxygens (including phenoxy) is 2. The third-order valence-electron chi connectivity index (χ3n) is 4.41. The van der Waals surface area contributed by atoms with Gasteiger partial charge in [-0.15, -0.1) is 0 Å². The Morgan fingerprint density at radius 2 is 1.96 bits per heavy atom. The molecule has 7 nitrogen and oxygen atoms in total. The average Bonchev–Trinajstić information content (AvgIpc) is 3.40. The average molecular weight is 411 g/mol. The molecule has 25 heavy (non-hydrogen) atoms. The summed E-state index contributed by atoms with van der Waals surface area (Å²) in [4.78, 5) is 37.2. The molecule has 1 saturated heterocycles. The number of hydrogen-bond acceptors (Lipinski definition) is 5. The van der Waals surface area contributed by atoms with Crippen LogP contribution in [0.4, 0.5) is 4.79 Å². The zero-order valence-electron chi connectivity index (χ0n) is 13.8. The molecule has 0 bridgehead atoms. The summed E-state index contributed by atoms with van der Waals surface area (Å²) in [5, 5.41) is 2.69. The summed E-state index contributed by atoms with van der Waals surface area (Å²) < 4.78 is 11.4. The molecule has 2 aliphatic rings. The largest absolute Gasteiger partial charge is 0.490 e. The highest BCUT2D eigenvalue weighted by molar-refractivity contribution is 9.10. The summed E-state index contributed by atoms with van der Waals surface area (Å²) in [5.74, 6) is -0.177. The van der Waals surface area contributed by atoms with Crippen molar-refractivity contribution in [3.8, 4) is 5.75 Å². The van der Waals surface area contributed by atoms with Crippen LogP contribution in [0.25, 0.3) is 0 Å². The SMILES string of the molecule is C[C@@]1(C2CC2)NC(=O)N(CC(=O)OCCOc2ccc(Br)cc2)C1=O. The molecule has 1 atom stereocenters. The number of halogens is 1. The Morgan fingerprint density at radius 1 is 1.28 bits per heavy atom. The second-order valence-corrected chi connectivity index (χ2v) is 7.24. The molecule has 0 spiro atoms. The van der Waals surface area contributed by atoms with E-state index in [9.17, 15) is 14.4 Å². The zero-order chi connectivity index (χ0) is 18.0. The summed E-state index contributed by atoms with van der Waals surface area (Å²) in [6, 6.07) is 6.73. The van der Waals surface area contributed by atoms with Gasteiger partial charge in [-0.3, -0.25) is 14.5 Å². The minimum absolute atomic E-state index is 0.0401. The topological polar surface area (TPSA) is 84.9 Å². The van der Waals surface area contributed by atoms with Crippen LogP contribution in [0.3, 0.4) is 0 Å². The van der Waals surface area contributed by atoms with E-state index in [2.05, 4.69) is 21.2 Å². The molecule has 134 valence electrons. The summed E-state index contributed by atoms with van der Waals surface area (Å²) in [7, 11) is 0. The van der Waals surface area contributed by atoms with Crippen molar-refractivity contribution in [2.45, 2.75) is 25.3 Å². The Balaban J connectivity index is 1.42. The molecule has 0 unspecified atom stereocenters. The number of hydrogen-bond donors (Lipinski definition) is 1. The molecule has 1 aromatic rings. The van der Waals surface area contributed by atoms with E-state index in [1.165, 1.54) is 0 Å². The van der Waals surface area contributed by atoms with Gasteiger partial charge >= 0.3 is 12.0 Å². The van der Waals surface area contributed by atoms with Crippen LogP contribution in [0.1, 0.15) is 19.8 Å². The Labute approximate surface area is 153 Å². The van der Waals surface area contributed by atoms with Gasteiger partial charge in [0.15, 0.2) is 0 Å². The van der Waals surface area contributed by atoms with E-state index >= 15 is 0 Å². The van der Waals surface area contributed by atoms with E-state index in [1.807, 2.05) is 12.1 Å². The highest BCUT2D eigenvalue weighted by Crippen LogP contribution is 2.42. The zero-order valence-corrected chi connectivity index (χ0v) is 15.4. The lowest BCUT2D eigenvalue weighted by atomic mass is 9.96. The first-order chi connectivity index (χ1) is 11.9. The predicted molar refractivity (Wildman–Crippen MR) is 92.0 cm³/mol. The van der Waals surface area contributed by atoms with Crippen LogP contribution in [0.15, 0.2) is 28.7 Å². The number of carbonyl (C=O) groups is 3. The highest BCUT2D eigenvalue weighted by atomic mass is 79.9. The van der Waals surface area contributed by atoms with Gasteiger partial charge in [0.25, 0.3) is 5.91 Å². The van der Waals surface area contributed by atoms with Gasteiger partial charge in [0.05, 0.1) is 0 Å². The van der Waals surface area contributed by atoms with Crippen LogP contribution < -0.4 is 10.1 Å². The number of amides is 3. The van der Waals surface area contributed by atoms with Crippen LogP contribution >= 0.6 is 15.9 Å². The van der Waals surface area contributed by atoms with E-state index in [1.54, 1.807) is 19.1 Å². The number of urea groups is 1. The summed E-state index contributed by atoms with van der Waals surface area (Å²) >= 11 is 3.33.